The molecule has 1 amide bonds. The van der Waals surface area contributed by atoms with E-state index in [1.807, 2.05) is 32.7 Å². The molecule has 0 spiro atoms. The molecule has 128 valence electrons. The highest BCUT2D eigenvalue weighted by Gasteiger charge is 2.16. The molecule has 0 saturated heterocycles. The lowest BCUT2D eigenvalue weighted by atomic mass is 10.2. The number of anilines is 1. The van der Waals surface area contributed by atoms with Gasteiger partial charge in [-0.15, -0.1) is 0 Å². The third-order valence-corrected chi connectivity index (χ3v) is 2.93. The molecule has 0 bridgehead atoms. The van der Waals surface area contributed by atoms with Gasteiger partial charge in [0.05, 0.1) is 11.9 Å². The van der Waals surface area contributed by atoms with Gasteiger partial charge in [0.15, 0.2) is 0 Å². The van der Waals surface area contributed by atoms with E-state index in [4.69, 9.17) is 4.74 Å². The highest BCUT2D eigenvalue weighted by Crippen LogP contribution is 2.14. The lowest BCUT2D eigenvalue weighted by molar-refractivity contribution is 0.0529. The van der Waals surface area contributed by atoms with Crippen molar-refractivity contribution in [1.29, 1.82) is 0 Å². The van der Waals surface area contributed by atoms with Crippen molar-refractivity contribution >= 4 is 12.0 Å². The van der Waals surface area contributed by atoms with Gasteiger partial charge in [0, 0.05) is 38.7 Å². The summed E-state index contributed by atoms with van der Waals surface area (Å²) in [6.45, 7) is 6.44. The number of nitrogens with one attached hydrogen (secondary N) is 1. The fraction of sp³-hybridized carbons (Fsp3) is 0.438. The molecular weight excluding hydrogens is 308 g/mol. The zero-order valence-electron chi connectivity index (χ0n) is 14.4. The first kappa shape index (κ1) is 17.6. The number of hydrogen-bond acceptors (Lipinski definition) is 7. The number of nitrogens with zero attached hydrogens (tertiary/aromatic N) is 5. The number of likely N-dealkylation sites (N-methyl/N-ethyl adjacent to an activating group) is 1. The van der Waals surface area contributed by atoms with Crippen molar-refractivity contribution in [2.45, 2.75) is 26.4 Å². The Hall–Kier alpha value is -2.77. The minimum atomic E-state index is -0.510. The van der Waals surface area contributed by atoms with Crippen LogP contribution in [0.5, 0.6) is 0 Å². The molecule has 8 heteroatoms. The highest BCUT2D eigenvalue weighted by molar-refractivity contribution is 5.67. The molecule has 0 aliphatic heterocycles. The first-order chi connectivity index (χ1) is 11.3. The van der Waals surface area contributed by atoms with Gasteiger partial charge >= 0.3 is 6.09 Å². The number of alkyl carbamates (subject to hydrolysis) is 1. The third-order valence-electron chi connectivity index (χ3n) is 2.93. The first-order valence-electron chi connectivity index (χ1n) is 7.62. The maximum absolute atomic E-state index is 11.6. The summed E-state index contributed by atoms with van der Waals surface area (Å²) in [5, 5.41) is 2.71. The number of hydrogen-bond donors (Lipinski definition) is 1. The number of ether oxygens (including phenoxy) is 1. The van der Waals surface area contributed by atoms with Crippen LogP contribution in [0, 0.1) is 0 Å². The van der Waals surface area contributed by atoms with Gasteiger partial charge in [-0.05, 0) is 26.8 Å². The molecule has 0 aliphatic rings. The predicted molar refractivity (Wildman–Crippen MR) is 90.6 cm³/mol. The summed E-state index contributed by atoms with van der Waals surface area (Å²) in [7, 11) is 1.85. The topological polar surface area (TPSA) is 93.1 Å². The van der Waals surface area contributed by atoms with Gasteiger partial charge in [-0.3, -0.25) is 9.97 Å². The third kappa shape index (κ3) is 5.45. The molecule has 0 radical (unpaired) electrons. The van der Waals surface area contributed by atoms with E-state index in [1.165, 1.54) is 0 Å². The molecule has 0 fully saturated rings. The lowest BCUT2D eigenvalue weighted by Gasteiger charge is -2.21. The molecule has 2 heterocycles. The Morgan fingerprint density at radius 1 is 1.21 bits per heavy atom. The number of amides is 1. The lowest BCUT2D eigenvalue weighted by Crippen LogP contribution is -2.37. The van der Waals surface area contributed by atoms with Gasteiger partial charge in [0.1, 0.15) is 11.3 Å². The molecule has 2 rings (SSSR count). The Balaban J connectivity index is 1.91. The van der Waals surface area contributed by atoms with Gasteiger partial charge in [-0.1, -0.05) is 0 Å². The standard InChI is InChI=1S/C16H22N6O2/c1-16(2,3)24-15(23)20-9-10-22(4)14-19-6-5-12(21-14)13-11-17-7-8-18-13/h5-8,11H,9-10H2,1-4H3,(H,20,23). The van der Waals surface area contributed by atoms with Gasteiger partial charge < -0.3 is 15.0 Å². The fourth-order valence-electron chi connectivity index (χ4n) is 1.85. The summed E-state index contributed by atoms with van der Waals surface area (Å²) in [4.78, 5) is 30.4. The van der Waals surface area contributed by atoms with Crippen LogP contribution in [-0.4, -0.2) is 51.8 Å². The number of aromatic nitrogens is 4. The van der Waals surface area contributed by atoms with E-state index in [1.54, 1.807) is 30.9 Å². The highest BCUT2D eigenvalue weighted by atomic mass is 16.6. The van der Waals surface area contributed by atoms with Crippen LogP contribution in [0.2, 0.25) is 0 Å². The van der Waals surface area contributed by atoms with E-state index in [2.05, 4.69) is 25.3 Å². The molecule has 0 unspecified atom stereocenters. The Morgan fingerprint density at radius 3 is 2.67 bits per heavy atom. The average molecular weight is 330 g/mol. The summed E-state index contributed by atoms with van der Waals surface area (Å²) in [5.74, 6) is 0.546. The SMILES string of the molecule is CN(CCNC(=O)OC(C)(C)C)c1nccc(-c2cnccn2)n1. The quantitative estimate of drug-likeness (QED) is 0.894. The summed E-state index contributed by atoms with van der Waals surface area (Å²) in [6, 6.07) is 1.78. The molecule has 2 aromatic rings. The van der Waals surface area contributed by atoms with Crippen LogP contribution in [0.3, 0.4) is 0 Å². The molecule has 2 aromatic heterocycles. The van der Waals surface area contributed by atoms with E-state index in [0.29, 0.717) is 30.4 Å². The van der Waals surface area contributed by atoms with Crippen molar-refractivity contribution < 1.29 is 9.53 Å². The second kappa shape index (κ2) is 7.67. The van der Waals surface area contributed by atoms with Crippen LogP contribution in [0.1, 0.15) is 20.8 Å². The van der Waals surface area contributed by atoms with E-state index < -0.39 is 11.7 Å². The zero-order valence-corrected chi connectivity index (χ0v) is 14.4. The Labute approximate surface area is 141 Å². The van der Waals surface area contributed by atoms with Crippen LogP contribution >= 0.6 is 0 Å². The molecule has 0 aromatic carbocycles. The van der Waals surface area contributed by atoms with Crippen LogP contribution in [-0.2, 0) is 4.74 Å². The monoisotopic (exact) mass is 330 g/mol. The molecule has 1 N–H and O–H groups in total. The maximum Gasteiger partial charge on any atom is 0.407 e. The van der Waals surface area contributed by atoms with Gasteiger partial charge in [0.2, 0.25) is 5.95 Å². The van der Waals surface area contributed by atoms with Crippen molar-refractivity contribution in [3.8, 4) is 11.4 Å². The molecule has 24 heavy (non-hydrogen) atoms. The summed E-state index contributed by atoms with van der Waals surface area (Å²) in [5.41, 5.74) is 0.867. The van der Waals surface area contributed by atoms with Crippen molar-refractivity contribution in [2.24, 2.45) is 0 Å². The van der Waals surface area contributed by atoms with E-state index in [-0.39, 0.29) is 0 Å². The molecule has 8 nitrogen and oxygen atoms in total. The largest absolute Gasteiger partial charge is 0.444 e. The second-order valence-corrected chi connectivity index (χ2v) is 6.18. The Kier molecular flexibility index (Phi) is 5.62. The van der Waals surface area contributed by atoms with Gasteiger partial charge in [0.25, 0.3) is 0 Å². The van der Waals surface area contributed by atoms with Crippen LogP contribution in [0.15, 0.2) is 30.9 Å². The van der Waals surface area contributed by atoms with Crippen molar-refractivity contribution in [3.63, 3.8) is 0 Å². The van der Waals surface area contributed by atoms with Crippen molar-refractivity contribution in [2.75, 3.05) is 25.0 Å². The van der Waals surface area contributed by atoms with Crippen LogP contribution in [0.25, 0.3) is 11.4 Å². The summed E-state index contributed by atoms with van der Waals surface area (Å²) < 4.78 is 5.19. The van der Waals surface area contributed by atoms with Crippen molar-refractivity contribution in [1.82, 2.24) is 25.3 Å². The van der Waals surface area contributed by atoms with Gasteiger partial charge in [-0.2, -0.15) is 0 Å². The van der Waals surface area contributed by atoms with E-state index >= 15 is 0 Å². The normalized spacial score (nSPS) is 11.0. The van der Waals surface area contributed by atoms with Crippen LogP contribution in [0.4, 0.5) is 10.7 Å². The minimum absolute atomic E-state index is 0.421. The molecule has 0 aliphatic carbocycles. The average Bonchev–Trinajstić information content (AvgIpc) is 2.54. The fourth-order valence-corrected chi connectivity index (χ4v) is 1.85. The molecule has 0 saturated carbocycles. The number of carbonyl (C=O) groups is 1. The minimum Gasteiger partial charge on any atom is -0.444 e. The smallest absolute Gasteiger partial charge is 0.407 e. The predicted octanol–water partition coefficient (Wildman–Crippen LogP) is 1.89. The zero-order chi connectivity index (χ0) is 17.6. The Morgan fingerprint density at radius 2 is 2.00 bits per heavy atom. The van der Waals surface area contributed by atoms with Crippen LogP contribution < -0.4 is 10.2 Å². The number of carbonyl (C=O) groups excluding carboxylic acids is 1. The summed E-state index contributed by atoms with van der Waals surface area (Å²) >= 11 is 0. The van der Waals surface area contributed by atoms with Gasteiger partial charge in [-0.25, -0.2) is 14.8 Å². The Bertz CT molecular complexity index is 672. The maximum atomic E-state index is 11.6. The molecule has 0 atom stereocenters. The van der Waals surface area contributed by atoms with Crippen molar-refractivity contribution in [3.05, 3.63) is 30.9 Å². The summed E-state index contributed by atoms with van der Waals surface area (Å²) in [6.07, 6.45) is 6.11. The second-order valence-electron chi connectivity index (χ2n) is 6.18. The van der Waals surface area contributed by atoms with E-state index in [9.17, 15) is 4.79 Å². The van der Waals surface area contributed by atoms with E-state index in [0.717, 1.165) is 0 Å². The number of rotatable bonds is 5. The molecular formula is C16H22N6O2. The first-order valence-corrected chi connectivity index (χ1v) is 7.62.